The Bertz CT molecular complexity index is 632. The number of aliphatic hydroxyl groups excluding tert-OH is 1. The quantitative estimate of drug-likeness (QED) is 0.886. The van der Waals surface area contributed by atoms with Crippen LogP contribution in [0.2, 0.25) is 0 Å². The molecule has 0 radical (unpaired) electrons. The Kier molecular flexibility index (Phi) is 3.80. The van der Waals surface area contributed by atoms with Crippen LogP contribution in [-0.4, -0.2) is 20.6 Å². The smallest absolute Gasteiger partial charge is 0.265 e. The number of benzene rings is 1. The van der Waals surface area contributed by atoms with Crippen molar-refractivity contribution in [3.63, 3.8) is 0 Å². The SMILES string of the molecule is COc1ccccc1S(=O)(=O)NC1=CCCC=C1O. The summed E-state index contributed by atoms with van der Waals surface area (Å²) in [5.74, 6) is 0.208. The first-order valence-corrected chi connectivity index (χ1v) is 7.28. The molecule has 102 valence electrons. The van der Waals surface area contributed by atoms with Gasteiger partial charge in [0, 0.05) is 0 Å². The monoisotopic (exact) mass is 281 g/mol. The fourth-order valence-corrected chi connectivity index (χ4v) is 3.06. The number of rotatable bonds is 4. The lowest BCUT2D eigenvalue weighted by Gasteiger charge is -2.15. The van der Waals surface area contributed by atoms with E-state index in [2.05, 4.69) is 4.72 Å². The summed E-state index contributed by atoms with van der Waals surface area (Å²) in [4.78, 5) is 0.0387. The molecule has 0 saturated heterocycles. The van der Waals surface area contributed by atoms with Gasteiger partial charge in [-0.2, -0.15) is 0 Å². The molecular weight excluding hydrogens is 266 g/mol. The van der Waals surface area contributed by atoms with E-state index in [0.717, 1.165) is 0 Å². The number of para-hydroxylation sites is 1. The van der Waals surface area contributed by atoms with Crippen molar-refractivity contribution in [2.24, 2.45) is 0 Å². The Morgan fingerprint density at radius 3 is 2.58 bits per heavy atom. The van der Waals surface area contributed by atoms with Crippen molar-refractivity contribution < 1.29 is 18.3 Å². The van der Waals surface area contributed by atoms with Gasteiger partial charge in [-0.1, -0.05) is 18.2 Å². The Balaban J connectivity index is 2.33. The summed E-state index contributed by atoms with van der Waals surface area (Å²) in [6.45, 7) is 0. The van der Waals surface area contributed by atoms with Crippen molar-refractivity contribution in [2.45, 2.75) is 17.7 Å². The number of sulfonamides is 1. The van der Waals surface area contributed by atoms with E-state index in [1.807, 2.05) is 0 Å². The summed E-state index contributed by atoms with van der Waals surface area (Å²) in [5, 5.41) is 9.64. The van der Waals surface area contributed by atoms with E-state index in [1.54, 1.807) is 30.4 Å². The highest BCUT2D eigenvalue weighted by Crippen LogP contribution is 2.24. The van der Waals surface area contributed by atoms with Crippen molar-refractivity contribution in [3.8, 4) is 5.75 Å². The Morgan fingerprint density at radius 1 is 1.21 bits per heavy atom. The van der Waals surface area contributed by atoms with Gasteiger partial charge in [-0.25, -0.2) is 8.42 Å². The van der Waals surface area contributed by atoms with Crippen LogP contribution in [0.25, 0.3) is 0 Å². The van der Waals surface area contributed by atoms with Gasteiger partial charge in [-0.3, -0.25) is 4.72 Å². The molecule has 0 fully saturated rings. The predicted octanol–water partition coefficient (Wildman–Crippen LogP) is 2.09. The molecule has 6 heteroatoms. The van der Waals surface area contributed by atoms with Crippen LogP contribution < -0.4 is 9.46 Å². The number of aliphatic hydroxyl groups is 1. The second kappa shape index (κ2) is 5.36. The van der Waals surface area contributed by atoms with Crippen LogP contribution in [0.15, 0.2) is 52.8 Å². The maximum atomic E-state index is 12.3. The molecule has 0 aliphatic heterocycles. The highest BCUT2D eigenvalue weighted by molar-refractivity contribution is 7.89. The molecule has 0 unspecified atom stereocenters. The van der Waals surface area contributed by atoms with Crippen molar-refractivity contribution in [1.82, 2.24) is 4.72 Å². The zero-order valence-corrected chi connectivity index (χ0v) is 11.3. The van der Waals surface area contributed by atoms with Crippen molar-refractivity contribution in [3.05, 3.63) is 47.9 Å². The molecule has 0 heterocycles. The molecule has 0 atom stereocenters. The van der Waals surface area contributed by atoms with E-state index < -0.39 is 10.0 Å². The van der Waals surface area contributed by atoms with Gasteiger partial charge in [-0.05, 0) is 31.1 Å². The average molecular weight is 281 g/mol. The summed E-state index contributed by atoms with van der Waals surface area (Å²) in [5.41, 5.74) is 0.206. The lowest BCUT2D eigenvalue weighted by Crippen LogP contribution is -2.25. The van der Waals surface area contributed by atoms with Gasteiger partial charge in [0.15, 0.2) is 0 Å². The zero-order valence-electron chi connectivity index (χ0n) is 10.5. The molecule has 0 bridgehead atoms. The van der Waals surface area contributed by atoms with Crippen molar-refractivity contribution in [1.29, 1.82) is 0 Å². The first-order valence-electron chi connectivity index (χ1n) is 5.80. The van der Waals surface area contributed by atoms with Crippen molar-refractivity contribution >= 4 is 10.0 Å². The molecule has 1 aromatic carbocycles. The van der Waals surface area contributed by atoms with Gasteiger partial charge < -0.3 is 9.84 Å². The maximum Gasteiger partial charge on any atom is 0.265 e. The van der Waals surface area contributed by atoms with E-state index >= 15 is 0 Å². The van der Waals surface area contributed by atoms with E-state index in [1.165, 1.54) is 13.2 Å². The molecule has 1 aromatic rings. The number of allylic oxidation sites excluding steroid dienone is 2. The number of ether oxygens (including phenoxy) is 1. The molecule has 0 amide bonds. The summed E-state index contributed by atoms with van der Waals surface area (Å²) < 4.78 is 31.9. The molecular formula is C13H15NO4S. The molecule has 1 aliphatic rings. The van der Waals surface area contributed by atoms with Crippen LogP contribution in [-0.2, 0) is 10.0 Å². The number of nitrogens with one attached hydrogen (secondary N) is 1. The van der Waals surface area contributed by atoms with E-state index in [0.29, 0.717) is 12.8 Å². The summed E-state index contributed by atoms with van der Waals surface area (Å²) in [6.07, 6.45) is 4.63. The van der Waals surface area contributed by atoms with Gasteiger partial charge in [0.25, 0.3) is 10.0 Å². The third kappa shape index (κ3) is 2.90. The largest absolute Gasteiger partial charge is 0.506 e. The lowest BCUT2D eigenvalue weighted by molar-refractivity contribution is 0.401. The molecule has 0 saturated carbocycles. The minimum atomic E-state index is -3.78. The minimum Gasteiger partial charge on any atom is -0.506 e. The fourth-order valence-electron chi connectivity index (χ4n) is 1.80. The van der Waals surface area contributed by atoms with Gasteiger partial charge in [0.05, 0.1) is 12.8 Å². The molecule has 0 spiro atoms. The van der Waals surface area contributed by atoms with Gasteiger partial charge >= 0.3 is 0 Å². The highest BCUT2D eigenvalue weighted by atomic mass is 32.2. The summed E-state index contributed by atoms with van der Waals surface area (Å²) in [6, 6.07) is 6.32. The maximum absolute atomic E-state index is 12.3. The average Bonchev–Trinajstić information content (AvgIpc) is 2.41. The standard InChI is InChI=1S/C13H15NO4S/c1-18-12-8-4-5-9-13(12)19(16,17)14-10-6-2-3-7-11(10)15/h4-9,14-15H,2-3H2,1H3. The highest BCUT2D eigenvalue weighted by Gasteiger charge is 2.21. The van der Waals surface area contributed by atoms with Crippen LogP contribution in [0.3, 0.4) is 0 Å². The van der Waals surface area contributed by atoms with E-state index in [-0.39, 0.29) is 22.1 Å². The summed E-state index contributed by atoms with van der Waals surface area (Å²) >= 11 is 0. The van der Waals surface area contributed by atoms with E-state index in [4.69, 9.17) is 4.74 Å². The molecule has 19 heavy (non-hydrogen) atoms. The van der Waals surface area contributed by atoms with Gasteiger partial charge in [-0.15, -0.1) is 0 Å². The van der Waals surface area contributed by atoms with Crippen LogP contribution >= 0.6 is 0 Å². The molecule has 0 aromatic heterocycles. The second-order valence-electron chi connectivity index (χ2n) is 4.04. The normalized spacial score (nSPS) is 15.4. The number of methoxy groups -OCH3 is 1. The Hall–Kier alpha value is -1.95. The fraction of sp³-hybridized carbons (Fsp3) is 0.231. The third-order valence-electron chi connectivity index (χ3n) is 2.73. The first-order chi connectivity index (χ1) is 9.04. The van der Waals surface area contributed by atoms with Crippen LogP contribution in [0.1, 0.15) is 12.8 Å². The Morgan fingerprint density at radius 2 is 1.89 bits per heavy atom. The molecule has 2 N–H and O–H groups in total. The first kappa shape index (κ1) is 13.5. The number of hydrogen-bond acceptors (Lipinski definition) is 4. The van der Waals surface area contributed by atoms with E-state index in [9.17, 15) is 13.5 Å². The van der Waals surface area contributed by atoms with Crippen LogP contribution in [0.5, 0.6) is 5.75 Å². The van der Waals surface area contributed by atoms with Crippen LogP contribution in [0, 0.1) is 0 Å². The van der Waals surface area contributed by atoms with Crippen molar-refractivity contribution in [2.75, 3.05) is 7.11 Å². The second-order valence-corrected chi connectivity index (χ2v) is 5.69. The number of hydrogen-bond donors (Lipinski definition) is 2. The Labute approximate surface area is 112 Å². The predicted molar refractivity (Wildman–Crippen MR) is 71.3 cm³/mol. The zero-order chi connectivity index (χ0) is 13.9. The minimum absolute atomic E-state index is 0.0387. The molecule has 2 rings (SSSR count). The lowest BCUT2D eigenvalue weighted by atomic mass is 10.1. The topological polar surface area (TPSA) is 75.6 Å². The summed E-state index contributed by atoms with van der Waals surface area (Å²) in [7, 11) is -2.37. The molecule has 5 nitrogen and oxygen atoms in total. The van der Waals surface area contributed by atoms with Gasteiger partial charge in [0.2, 0.25) is 0 Å². The molecule has 1 aliphatic carbocycles. The van der Waals surface area contributed by atoms with Gasteiger partial charge in [0.1, 0.15) is 16.4 Å². The third-order valence-corrected chi connectivity index (χ3v) is 4.14. The van der Waals surface area contributed by atoms with Crippen LogP contribution in [0.4, 0.5) is 0 Å².